The third-order valence-corrected chi connectivity index (χ3v) is 5.93. The minimum Gasteiger partial charge on any atom is -0.476 e. The van der Waals surface area contributed by atoms with Gasteiger partial charge in [0.15, 0.2) is 11.4 Å². The van der Waals surface area contributed by atoms with E-state index in [1.54, 1.807) is 31.2 Å². The Balaban J connectivity index is 1.71. The number of aliphatic hydroxyl groups is 1. The van der Waals surface area contributed by atoms with Crippen LogP contribution < -0.4 is 10.1 Å². The van der Waals surface area contributed by atoms with Gasteiger partial charge in [-0.15, -0.1) is 0 Å². The molecule has 172 valence electrons. The molecule has 0 bridgehead atoms. The van der Waals surface area contributed by atoms with Crippen molar-refractivity contribution in [3.63, 3.8) is 0 Å². The van der Waals surface area contributed by atoms with Crippen LogP contribution in [-0.2, 0) is 6.18 Å². The molecular weight excluding hydrogens is 447 g/mol. The first kappa shape index (κ1) is 22.8. The second kappa shape index (κ2) is 8.51. The quantitative estimate of drug-likeness (QED) is 0.595. The number of nitrogens with one attached hydrogen (secondary N) is 1. The van der Waals surface area contributed by atoms with Gasteiger partial charge in [-0.3, -0.25) is 4.79 Å². The predicted molar refractivity (Wildman–Crippen MR) is 111 cm³/mol. The van der Waals surface area contributed by atoms with E-state index < -0.39 is 29.1 Å². The van der Waals surface area contributed by atoms with Crippen LogP contribution in [0.2, 0.25) is 5.02 Å². The molecule has 2 saturated carbocycles. The largest absolute Gasteiger partial charge is 0.476 e. The maximum absolute atomic E-state index is 13.8. The van der Waals surface area contributed by atoms with Gasteiger partial charge in [0.2, 0.25) is 5.88 Å². The third-order valence-electron chi connectivity index (χ3n) is 5.68. The fraction of sp³-hybridized carbons (Fsp3) is 0.500. The fourth-order valence-corrected chi connectivity index (χ4v) is 3.47. The Hall–Kier alpha value is -2.39. The summed E-state index contributed by atoms with van der Waals surface area (Å²) in [5.74, 6) is -1.06. The second-order valence-electron chi connectivity index (χ2n) is 8.65. The van der Waals surface area contributed by atoms with E-state index in [1.165, 1.54) is 0 Å². The number of carbonyl (C=O) groups excluding carboxylic acids is 1. The van der Waals surface area contributed by atoms with Gasteiger partial charge in [-0.1, -0.05) is 23.7 Å². The van der Waals surface area contributed by atoms with Gasteiger partial charge in [-0.25, -0.2) is 9.97 Å². The molecule has 32 heavy (non-hydrogen) atoms. The normalized spacial score (nSPS) is 18.2. The average molecular weight is 470 g/mol. The summed E-state index contributed by atoms with van der Waals surface area (Å²) in [6, 6.07) is 6.27. The molecule has 10 heteroatoms. The summed E-state index contributed by atoms with van der Waals surface area (Å²) < 4.78 is 47.0. The molecule has 0 spiro atoms. The fourth-order valence-electron chi connectivity index (χ4n) is 3.35. The molecule has 1 amide bonds. The van der Waals surface area contributed by atoms with E-state index in [1.807, 2.05) is 0 Å². The molecule has 2 aliphatic carbocycles. The van der Waals surface area contributed by atoms with Crippen LogP contribution in [0, 0.1) is 11.8 Å². The summed E-state index contributed by atoms with van der Waals surface area (Å²) in [5, 5.41) is 13.2. The third kappa shape index (κ3) is 5.32. The van der Waals surface area contributed by atoms with Crippen molar-refractivity contribution < 1.29 is 27.8 Å². The zero-order chi connectivity index (χ0) is 23.1. The standard InChI is InChI=1S/C22H23ClF3N3O3/c1-21(31,14-6-7-14)11-27-19(30)17-18(22(24,25)26)29-20(32-10-12-2-3-12)16(28-17)13-4-8-15(23)9-5-13/h4-5,8-9,12,14,31H,2-3,6-7,10-11H2,1H3,(H,27,30)/t21-/m0/s1. The van der Waals surface area contributed by atoms with Crippen molar-refractivity contribution in [3.05, 3.63) is 40.7 Å². The van der Waals surface area contributed by atoms with Gasteiger partial charge in [-0.05, 0) is 56.6 Å². The van der Waals surface area contributed by atoms with Crippen molar-refractivity contribution in [1.82, 2.24) is 15.3 Å². The number of aromatic nitrogens is 2. The second-order valence-corrected chi connectivity index (χ2v) is 9.08. The average Bonchev–Trinajstić information content (AvgIpc) is 3.63. The van der Waals surface area contributed by atoms with Gasteiger partial charge in [0.1, 0.15) is 5.69 Å². The highest BCUT2D eigenvalue weighted by Crippen LogP contribution is 2.40. The van der Waals surface area contributed by atoms with Crippen LogP contribution in [0.25, 0.3) is 11.3 Å². The lowest BCUT2D eigenvalue weighted by molar-refractivity contribution is -0.142. The molecule has 1 aromatic carbocycles. The van der Waals surface area contributed by atoms with Crippen molar-refractivity contribution in [2.45, 2.75) is 44.4 Å². The molecule has 0 radical (unpaired) electrons. The highest BCUT2D eigenvalue weighted by Gasteiger charge is 2.42. The molecule has 6 nitrogen and oxygen atoms in total. The lowest BCUT2D eigenvalue weighted by Crippen LogP contribution is -2.43. The van der Waals surface area contributed by atoms with Gasteiger partial charge in [-0.2, -0.15) is 13.2 Å². The van der Waals surface area contributed by atoms with Gasteiger partial charge in [0.25, 0.3) is 5.91 Å². The summed E-state index contributed by atoms with van der Waals surface area (Å²) in [6.07, 6.45) is -1.42. The molecule has 4 rings (SSSR count). The SMILES string of the molecule is C[C@](O)(CNC(=O)c1nc(-c2ccc(Cl)cc2)c(OCC2CC2)nc1C(F)(F)F)C1CC1. The van der Waals surface area contributed by atoms with Crippen molar-refractivity contribution in [1.29, 1.82) is 0 Å². The number of amides is 1. The van der Waals surface area contributed by atoms with Crippen molar-refractivity contribution >= 4 is 17.5 Å². The summed E-state index contributed by atoms with van der Waals surface area (Å²) >= 11 is 5.93. The zero-order valence-electron chi connectivity index (χ0n) is 17.4. The number of carbonyl (C=O) groups is 1. The number of halogens is 4. The van der Waals surface area contributed by atoms with E-state index in [9.17, 15) is 23.1 Å². The Morgan fingerprint density at radius 2 is 1.84 bits per heavy atom. The van der Waals surface area contributed by atoms with Gasteiger partial charge in [0, 0.05) is 17.1 Å². The molecule has 1 heterocycles. The lowest BCUT2D eigenvalue weighted by atomic mass is 10.0. The Labute approximate surface area is 188 Å². The van der Waals surface area contributed by atoms with E-state index in [4.69, 9.17) is 16.3 Å². The summed E-state index contributed by atoms with van der Waals surface area (Å²) in [6.45, 7) is 1.59. The van der Waals surface area contributed by atoms with Gasteiger partial charge in [0.05, 0.1) is 12.2 Å². The van der Waals surface area contributed by atoms with Crippen LogP contribution in [0.1, 0.15) is 48.8 Å². The number of nitrogens with zero attached hydrogens (tertiary/aromatic N) is 2. The number of ether oxygens (including phenoxy) is 1. The maximum atomic E-state index is 13.8. The van der Waals surface area contributed by atoms with Crippen LogP contribution in [0.5, 0.6) is 5.88 Å². The van der Waals surface area contributed by atoms with Gasteiger partial charge >= 0.3 is 6.18 Å². The van der Waals surface area contributed by atoms with E-state index >= 15 is 0 Å². The van der Waals surface area contributed by atoms with Crippen molar-refractivity contribution in [2.24, 2.45) is 11.8 Å². The Bertz CT molecular complexity index is 1000. The van der Waals surface area contributed by atoms with E-state index in [2.05, 4.69) is 15.3 Å². The molecule has 2 aromatic rings. The molecule has 1 aromatic heterocycles. The number of benzene rings is 1. The minimum atomic E-state index is -4.92. The van der Waals surface area contributed by atoms with Crippen LogP contribution in [0.3, 0.4) is 0 Å². The van der Waals surface area contributed by atoms with Crippen molar-refractivity contribution in [2.75, 3.05) is 13.2 Å². The number of rotatable bonds is 8. The molecule has 2 fully saturated rings. The highest BCUT2D eigenvalue weighted by atomic mass is 35.5. The van der Waals surface area contributed by atoms with E-state index in [0.717, 1.165) is 25.7 Å². The van der Waals surface area contributed by atoms with Gasteiger partial charge < -0.3 is 15.2 Å². The van der Waals surface area contributed by atoms with Crippen LogP contribution in [0.4, 0.5) is 13.2 Å². The highest BCUT2D eigenvalue weighted by molar-refractivity contribution is 6.30. The minimum absolute atomic E-state index is 0.0128. The predicted octanol–water partition coefficient (Wildman–Crippen LogP) is 4.50. The van der Waals surface area contributed by atoms with E-state index in [-0.39, 0.29) is 36.6 Å². The number of alkyl halides is 3. The first-order valence-corrected chi connectivity index (χ1v) is 10.8. The Morgan fingerprint density at radius 1 is 1.19 bits per heavy atom. The summed E-state index contributed by atoms with van der Waals surface area (Å²) in [7, 11) is 0. The smallest absolute Gasteiger partial charge is 0.435 e. The molecule has 2 aliphatic rings. The number of hydrogen-bond donors (Lipinski definition) is 2. The van der Waals surface area contributed by atoms with Crippen LogP contribution in [-0.4, -0.2) is 39.7 Å². The molecule has 0 aliphatic heterocycles. The summed E-state index contributed by atoms with van der Waals surface area (Å²) in [4.78, 5) is 20.5. The molecule has 0 saturated heterocycles. The summed E-state index contributed by atoms with van der Waals surface area (Å²) in [5.41, 5.74) is -3.05. The topological polar surface area (TPSA) is 84.3 Å². The molecular formula is C22H23ClF3N3O3. The molecule has 0 unspecified atom stereocenters. The Morgan fingerprint density at radius 3 is 2.41 bits per heavy atom. The zero-order valence-corrected chi connectivity index (χ0v) is 18.1. The van der Waals surface area contributed by atoms with Crippen LogP contribution >= 0.6 is 11.6 Å². The Kier molecular flexibility index (Phi) is 6.06. The number of hydrogen-bond acceptors (Lipinski definition) is 5. The lowest BCUT2D eigenvalue weighted by Gasteiger charge is -2.23. The molecule has 2 N–H and O–H groups in total. The monoisotopic (exact) mass is 469 g/mol. The molecule has 1 atom stereocenters. The van der Waals surface area contributed by atoms with Crippen molar-refractivity contribution in [3.8, 4) is 17.1 Å². The first-order valence-electron chi connectivity index (χ1n) is 10.4. The maximum Gasteiger partial charge on any atom is 0.435 e. The van der Waals surface area contributed by atoms with E-state index in [0.29, 0.717) is 10.6 Å². The van der Waals surface area contributed by atoms with Crippen LogP contribution in [0.15, 0.2) is 24.3 Å². The first-order chi connectivity index (χ1) is 15.0.